The normalized spacial score (nSPS) is 27.5. The van der Waals surface area contributed by atoms with Crippen LogP contribution in [-0.4, -0.2) is 58.5 Å². The third-order valence-electron chi connectivity index (χ3n) is 9.27. The van der Waals surface area contributed by atoms with Gasteiger partial charge in [0.2, 0.25) is 5.91 Å². The molecule has 1 amide bonds. The van der Waals surface area contributed by atoms with Gasteiger partial charge in [-0.15, -0.1) is 0 Å². The number of hydrogen-bond acceptors (Lipinski definition) is 6. The van der Waals surface area contributed by atoms with Gasteiger partial charge in [-0.05, 0) is 62.9 Å². The monoisotopic (exact) mass is 573 g/mol. The number of amides is 1. The van der Waals surface area contributed by atoms with Crippen molar-refractivity contribution in [2.75, 3.05) is 13.7 Å². The highest BCUT2D eigenvalue weighted by Gasteiger charge is 2.56. The molecule has 0 bridgehead atoms. The summed E-state index contributed by atoms with van der Waals surface area (Å²) in [4.78, 5) is 46.7. The molecule has 2 aromatic rings. The Kier molecular flexibility index (Phi) is 7.62. The number of hydrogen-bond donors (Lipinski definition) is 1. The van der Waals surface area contributed by atoms with E-state index in [9.17, 15) is 19.5 Å². The molecule has 5 atom stereocenters. The van der Waals surface area contributed by atoms with Gasteiger partial charge in [-0.3, -0.25) is 9.59 Å². The van der Waals surface area contributed by atoms with Crippen LogP contribution in [0.25, 0.3) is 11.3 Å². The number of ether oxygens (including phenoxy) is 2. The van der Waals surface area contributed by atoms with Crippen molar-refractivity contribution in [1.82, 2.24) is 9.88 Å². The SMILES string of the molecule is [CH2+]C1(C)CC(=O)C2=C(C1)O[C@H]1C[C@@H](C(C)C)N(CC)C(=O)[C@@H]1[C@H]2c1c(OC)ccc(-c2ccc(C)c(C(=O)O)n2)c1C. The van der Waals surface area contributed by atoms with Crippen LogP contribution in [0, 0.1) is 38.0 Å². The second-order valence-electron chi connectivity index (χ2n) is 12.8. The molecule has 222 valence electrons. The van der Waals surface area contributed by atoms with E-state index in [0.29, 0.717) is 47.7 Å². The highest BCUT2D eigenvalue weighted by molar-refractivity contribution is 6.01. The van der Waals surface area contributed by atoms with E-state index < -0.39 is 29.3 Å². The standard InChI is InChI=1S/C34H40N2O6/c1-9-36-22(17(2)3)14-25-29(32(36)38)30(28-23(37)15-34(6,7)16-26(28)42-25)27-19(5)20(11-13-24(27)41-8)21-12-10-18(4)31(35-21)33(39)40/h10-13,17,22,25,29-30H,6,9,14-16H2,1-5,7-8H3/p+1/t22-,25-,29-,30-,34?/m0/s1. The van der Waals surface area contributed by atoms with Crippen LogP contribution in [0.15, 0.2) is 35.6 Å². The maximum Gasteiger partial charge on any atom is 0.354 e. The number of piperidine rings is 1. The van der Waals surface area contributed by atoms with Gasteiger partial charge in [-0.25, -0.2) is 9.78 Å². The van der Waals surface area contributed by atoms with Crippen LogP contribution in [0.1, 0.15) is 80.1 Å². The number of ketones is 1. The van der Waals surface area contributed by atoms with Crippen LogP contribution in [0.5, 0.6) is 5.75 Å². The zero-order chi connectivity index (χ0) is 30.7. The Labute approximate surface area is 248 Å². The molecule has 1 fully saturated rings. The molecule has 5 rings (SSSR count). The lowest BCUT2D eigenvalue weighted by Crippen LogP contribution is -2.59. The fourth-order valence-corrected chi connectivity index (χ4v) is 7.29. The Morgan fingerprint density at radius 2 is 1.93 bits per heavy atom. The van der Waals surface area contributed by atoms with Crippen molar-refractivity contribution in [3.05, 3.63) is 64.9 Å². The van der Waals surface area contributed by atoms with Crippen LogP contribution in [0.2, 0.25) is 0 Å². The molecule has 1 aromatic carbocycles. The van der Waals surface area contributed by atoms with E-state index in [1.165, 1.54) is 0 Å². The number of allylic oxidation sites excluding steroid dienone is 2. The van der Waals surface area contributed by atoms with Crippen molar-refractivity contribution in [1.29, 1.82) is 0 Å². The summed E-state index contributed by atoms with van der Waals surface area (Å²) >= 11 is 0. The summed E-state index contributed by atoms with van der Waals surface area (Å²) in [5, 5.41) is 9.73. The summed E-state index contributed by atoms with van der Waals surface area (Å²) in [5.74, 6) is -0.939. The van der Waals surface area contributed by atoms with Gasteiger partial charge in [-0.1, -0.05) is 19.9 Å². The van der Waals surface area contributed by atoms with E-state index in [4.69, 9.17) is 9.47 Å². The molecule has 8 heteroatoms. The van der Waals surface area contributed by atoms with Gasteiger partial charge in [0.25, 0.3) is 0 Å². The fourth-order valence-electron chi connectivity index (χ4n) is 7.29. The van der Waals surface area contributed by atoms with Gasteiger partial charge in [0, 0.05) is 41.6 Å². The minimum atomic E-state index is -1.10. The molecule has 0 radical (unpaired) electrons. The zero-order valence-electron chi connectivity index (χ0n) is 25.6. The first-order valence-corrected chi connectivity index (χ1v) is 14.8. The average molecular weight is 574 g/mol. The number of pyridine rings is 1. The largest absolute Gasteiger partial charge is 0.496 e. The molecule has 42 heavy (non-hydrogen) atoms. The number of carboxylic acids is 1. The predicted octanol–water partition coefficient (Wildman–Crippen LogP) is 5.91. The molecule has 1 saturated heterocycles. The van der Waals surface area contributed by atoms with Gasteiger partial charge in [-0.2, -0.15) is 0 Å². The Balaban J connectivity index is 1.77. The first-order valence-electron chi connectivity index (χ1n) is 14.8. The number of Topliss-reactive ketones (excluding diaryl/α,β-unsaturated/α-hetero) is 1. The first-order chi connectivity index (χ1) is 19.8. The Morgan fingerprint density at radius 1 is 1.21 bits per heavy atom. The number of methoxy groups -OCH3 is 1. The van der Waals surface area contributed by atoms with Crippen LogP contribution in [0.4, 0.5) is 0 Å². The molecule has 1 unspecified atom stereocenters. The summed E-state index contributed by atoms with van der Waals surface area (Å²) in [6.07, 6.45) is 1.03. The molecular formula is C34H41N2O6+. The number of nitrogens with zero attached hydrogens (tertiary/aromatic N) is 2. The van der Waals surface area contributed by atoms with Crippen molar-refractivity contribution in [3.63, 3.8) is 0 Å². The molecule has 3 aliphatic rings. The molecule has 1 aromatic heterocycles. The lowest BCUT2D eigenvalue weighted by Gasteiger charge is -2.51. The number of aryl methyl sites for hydroxylation is 1. The van der Waals surface area contributed by atoms with E-state index in [1.54, 1.807) is 26.2 Å². The molecule has 2 aliphatic heterocycles. The van der Waals surface area contributed by atoms with E-state index in [1.807, 2.05) is 37.8 Å². The third kappa shape index (κ3) is 4.84. The van der Waals surface area contributed by atoms with Gasteiger partial charge >= 0.3 is 5.97 Å². The summed E-state index contributed by atoms with van der Waals surface area (Å²) in [5.41, 5.74) is 3.34. The molecule has 1 N–H and O–H groups in total. The smallest absolute Gasteiger partial charge is 0.354 e. The highest BCUT2D eigenvalue weighted by Crippen LogP contribution is 2.55. The number of carbonyl (C=O) groups excluding carboxylic acids is 2. The molecular weight excluding hydrogens is 532 g/mol. The number of rotatable bonds is 6. The lowest BCUT2D eigenvalue weighted by atomic mass is 9.64. The second-order valence-corrected chi connectivity index (χ2v) is 12.8. The molecule has 3 heterocycles. The second kappa shape index (κ2) is 10.8. The van der Waals surface area contributed by atoms with Crippen LogP contribution in [0.3, 0.4) is 0 Å². The average Bonchev–Trinajstić information content (AvgIpc) is 2.91. The van der Waals surface area contributed by atoms with Crippen molar-refractivity contribution < 1.29 is 29.0 Å². The minimum absolute atomic E-state index is 0.0154. The number of aromatic carboxylic acids is 1. The van der Waals surface area contributed by atoms with Crippen LogP contribution in [-0.2, 0) is 14.3 Å². The highest BCUT2D eigenvalue weighted by atomic mass is 16.5. The summed E-state index contributed by atoms with van der Waals surface area (Å²) < 4.78 is 12.5. The lowest BCUT2D eigenvalue weighted by molar-refractivity contribution is -0.156. The maximum atomic E-state index is 14.4. The quantitative estimate of drug-likeness (QED) is 0.429. The van der Waals surface area contributed by atoms with E-state index in [0.717, 1.165) is 16.7 Å². The minimum Gasteiger partial charge on any atom is -0.496 e. The number of aromatic nitrogens is 1. The van der Waals surface area contributed by atoms with Crippen molar-refractivity contribution in [2.24, 2.45) is 17.3 Å². The number of fused-ring (bicyclic) bond motifs is 1. The van der Waals surface area contributed by atoms with Crippen LogP contribution < -0.4 is 4.74 Å². The van der Waals surface area contributed by atoms with Gasteiger partial charge < -0.3 is 19.5 Å². The van der Waals surface area contributed by atoms with Gasteiger partial charge in [0.15, 0.2) is 11.5 Å². The predicted molar refractivity (Wildman–Crippen MR) is 159 cm³/mol. The van der Waals surface area contributed by atoms with Crippen molar-refractivity contribution in [3.8, 4) is 17.0 Å². The van der Waals surface area contributed by atoms with Crippen molar-refractivity contribution in [2.45, 2.75) is 78.9 Å². The number of carboxylic acid groups (broad SMARTS) is 1. The Morgan fingerprint density at radius 3 is 2.55 bits per heavy atom. The number of carbonyl (C=O) groups is 3. The fraction of sp³-hybridized carbons (Fsp3) is 0.500. The first kappa shape index (κ1) is 29.7. The topological polar surface area (TPSA) is 106 Å². The van der Waals surface area contributed by atoms with Gasteiger partial charge in [0.05, 0.1) is 38.5 Å². The summed E-state index contributed by atoms with van der Waals surface area (Å²) in [7, 11) is 1.59. The third-order valence-corrected chi connectivity index (χ3v) is 9.27. The summed E-state index contributed by atoms with van der Waals surface area (Å²) in [6, 6.07) is 7.26. The van der Waals surface area contributed by atoms with Gasteiger partial charge in [0.1, 0.15) is 23.0 Å². The van der Waals surface area contributed by atoms with Crippen LogP contribution >= 0.6 is 0 Å². The number of likely N-dealkylation sites (tertiary alicyclic amines) is 1. The Hall–Kier alpha value is -3.81. The number of benzene rings is 1. The maximum absolute atomic E-state index is 14.4. The zero-order valence-corrected chi connectivity index (χ0v) is 25.6. The Bertz CT molecular complexity index is 1490. The van der Waals surface area contributed by atoms with E-state index in [-0.39, 0.29) is 35.8 Å². The molecule has 0 spiro atoms. The van der Waals surface area contributed by atoms with E-state index in [2.05, 4.69) is 25.8 Å². The molecule has 0 saturated carbocycles. The summed E-state index contributed by atoms with van der Waals surface area (Å²) in [6.45, 7) is 16.7. The molecule has 1 aliphatic carbocycles. The van der Waals surface area contributed by atoms with E-state index >= 15 is 0 Å². The molecule has 8 nitrogen and oxygen atoms in total. The van der Waals surface area contributed by atoms with Crippen molar-refractivity contribution >= 4 is 17.7 Å².